The van der Waals surface area contributed by atoms with Crippen LogP contribution in [0.2, 0.25) is 10.0 Å². The molecule has 242 valence electrons. The first kappa shape index (κ1) is 35.0. The van der Waals surface area contributed by atoms with E-state index in [9.17, 15) is 18.0 Å². The van der Waals surface area contributed by atoms with E-state index in [0.717, 1.165) is 39.4 Å². The van der Waals surface area contributed by atoms with E-state index in [0.29, 0.717) is 6.54 Å². The summed E-state index contributed by atoms with van der Waals surface area (Å²) in [6.07, 6.45) is 1.92. The van der Waals surface area contributed by atoms with Gasteiger partial charge in [-0.1, -0.05) is 109 Å². The second kappa shape index (κ2) is 16.1. The fourth-order valence-corrected chi connectivity index (χ4v) is 6.99. The molecule has 0 unspecified atom stereocenters. The van der Waals surface area contributed by atoms with E-state index in [-0.39, 0.29) is 39.5 Å². The monoisotopic (exact) mass is 679 g/mol. The molecule has 46 heavy (non-hydrogen) atoms. The molecule has 1 atom stereocenters. The van der Waals surface area contributed by atoms with Crippen LogP contribution in [-0.2, 0) is 32.6 Å². The van der Waals surface area contributed by atoms with E-state index in [2.05, 4.69) is 5.32 Å². The van der Waals surface area contributed by atoms with Crippen LogP contribution >= 0.6 is 23.2 Å². The second-order valence-electron chi connectivity index (χ2n) is 11.3. The SMILES string of the molecule is CCCCNC(=O)[C@@H](Cc1ccccc1)N(Cc1ccccc1C)C(=O)CN(c1cc(Cl)cc(Cl)c1)S(=O)(=O)c1ccc(C)cc1. The lowest BCUT2D eigenvalue weighted by molar-refractivity contribution is -0.140. The summed E-state index contributed by atoms with van der Waals surface area (Å²) in [5, 5.41) is 3.43. The van der Waals surface area contributed by atoms with Gasteiger partial charge in [0, 0.05) is 29.6 Å². The molecule has 0 saturated heterocycles. The highest BCUT2D eigenvalue weighted by molar-refractivity contribution is 7.92. The number of rotatable bonds is 14. The molecule has 4 aromatic rings. The number of carbonyl (C=O) groups excluding carboxylic acids is 2. The number of anilines is 1. The van der Waals surface area contributed by atoms with Gasteiger partial charge < -0.3 is 10.2 Å². The number of hydrogen-bond donors (Lipinski definition) is 1. The predicted molar refractivity (Wildman–Crippen MR) is 186 cm³/mol. The lowest BCUT2D eigenvalue weighted by Gasteiger charge is -2.34. The molecule has 0 aliphatic rings. The number of hydrogen-bond acceptors (Lipinski definition) is 4. The molecule has 0 aliphatic carbocycles. The maximum absolute atomic E-state index is 14.6. The van der Waals surface area contributed by atoms with Gasteiger partial charge in [0.1, 0.15) is 12.6 Å². The number of benzene rings is 4. The number of amides is 2. The lowest BCUT2D eigenvalue weighted by Crippen LogP contribution is -2.53. The van der Waals surface area contributed by atoms with Crippen molar-refractivity contribution >= 4 is 50.7 Å². The van der Waals surface area contributed by atoms with Crippen LogP contribution in [0, 0.1) is 13.8 Å². The molecule has 0 spiro atoms. The van der Waals surface area contributed by atoms with Crippen LogP contribution in [0.15, 0.2) is 102 Å². The van der Waals surface area contributed by atoms with E-state index < -0.39 is 28.5 Å². The highest BCUT2D eigenvalue weighted by atomic mass is 35.5. The number of aryl methyl sites for hydroxylation is 2. The Labute approximate surface area is 282 Å². The first-order chi connectivity index (χ1) is 22.0. The van der Waals surface area contributed by atoms with Crippen LogP contribution in [0.1, 0.15) is 42.0 Å². The third-order valence-corrected chi connectivity index (χ3v) is 9.95. The van der Waals surface area contributed by atoms with E-state index in [1.54, 1.807) is 12.1 Å². The molecule has 0 heterocycles. The van der Waals surface area contributed by atoms with Crippen LogP contribution in [-0.4, -0.2) is 44.3 Å². The van der Waals surface area contributed by atoms with Crippen molar-refractivity contribution in [1.82, 2.24) is 10.2 Å². The molecular weight excluding hydrogens is 641 g/mol. The smallest absolute Gasteiger partial charge is 0.264 e. The number of sulfonamides is 1. The van der Waals surface area contributed by atoms with E-state index in [4.69, 9.17) is 23.2 Å². The van der Waals surface area contributed by atoms with Gasteiger partial charge in [0.25, 0.3) is 10.0 Å². The standard InChI is InChI=1S/C36H39Cl2N3O4S/c1-4-5-19-39-36(43)34(20-28-12-7-6-8-13-28)40(24-29-14-10-9-11-27(29)3)35(42)25-41(32-22-30(37)21-31(38)23-32)46(44,45)33-17-15-26(2)16-18-33/h6-18,21-23,34H,4-5,19-20,24-25H2,1-3H3,(H,39,43)/t34-/m1/s1. The van der Waals surface area contributed by atoms with Gasteiger partial charge in [-0.2, -0.15) is 0 Å². The van der Waals surface area contributed by atoms with Gasteiger partial charge in [0.15, 0.2) is 0 Å². The second-order valence-corrected chi connectivity index (χ2v) is 14.0. The van der Waals surface area contributed by atoms with Crippen molar-refractivity contribution in [1.29, 1.82) is 0 Å². The molecule has 10 heteroatoms. The predicted octanol–water partition coefficient (Wildman–Crippen LogP) is 7.36. The molecule has 0 bridgehead atoms. The van der Waals surface area contributed by atoms with Crippen molar-refractivity contribution in [3.63, 3.8) is 0 Å². The minimum absolute atomic E-state index is 0.00518. The number of nitrogens with one attached hydrogen (secondary N) is 1. The van der Waals surface area contributed by atoms with Crippen molar-refractivity contribution in [2.24, 2.45) is 0 Å². The fraction of sp³-hybridized carbons (Fsp3) is 0.278. The maximum Gasteiger partial charge on any atom is 0.264 e. The number of halogens is 2. The highest BCUT2D eigenvalue weighted by Gasteiger charge is 2.35. The summed E-state index contributed by atoms with van der Waals surface area (Å²) >= 11 is 12.6. The molecule has 0 aliphatic heterocycles. The molecule has 7 nitrogen and oxygen atoms in total. The summed E-state index contributed by atoms with van der Waals surface area (Å²) < 4.78 is 29.4. The zero-order valence-corrected chi connectivity index (χ0v) is 28.6. The van der Waals surface area contributed by atoms with Crippen molar-refractivity contribution in [2.45, 2.75) is 57.5 Å². The minimum Gasteiger partial charge on any atom is -0.354 e. The maximum atomic E-state index is 14.6. The summed E-state index contributed by atoms with van der Waals surface area (Å²) in [6.45, 7) is 5.80. The van der Waals surface area contributed by atoms with Crippen LogP contribution < -0.4 is 9.62 Å². The summed E-state index contributed by atoms with van der Waals surface area (Å²) in [6, 6.07) is 27.0. The Kier molecular flexibility index (Phi) is 12.3. The first-order valence-electron chi connectivity index (χ1n) is 15.2. The Morgan fingerprint density at radius 1 is 0.848 bits per heavy atom. The van der Waals surface area contributed by atoms with E-state index in [1.165, 1.54) is 35.2 Å². The van der Waals surface area contributed by atoms with Crippen molar-refractivity contribution in [3.8, 4) is 0 Å². The Morgan fingerprint density at radius 2 is 1.48 bits per heavy atom. The molecule has 0 saturated carbocycles. The summed E-state index contributed by atoms with van der Waals surface area (Å²) in [5.74, 6) is -0.861. The van der Waals surface area contributed by atoms with Crippen molar-refractivity contribution in [2.75, 3.05) is 17.4 Å². The third kappa shape index (κ3) is 9.12. The van der Waals surface area contributed by atoms with Gasteiger partial charge in [-0.25, -0.2) is 8.42 Å². The third-order valence-electron chi connectivity index (χ3n) is 7.73. The van der Waals surface area contributed by atoms with E-state index >= 15 is 0 Å². The average Bonchev–Trinajstić information content (AvgIpc) is 3.02. The number of nitrogens with zero attached hydrogens (tertiary/aromatic N) is 2. The summed E-state index contributed by atoms with van der Waals surface area (Å²) in [4.78, 5) is 29.9. The number of carbonyl (C=O) groups is 2. The summed E-state index contributed by atoms with van der Waals surface area (Å²) in [7, 11) is -4.27. The zero-order valence-electron chi connectivity index (χ0n) is 26.2. The Bertz CT molecular complexity index is 1730. The molecular formula is C36H39Cl2N3O4S. The van der Waals surface area contributed by atoms with Crippen LogP contribution in [0.5, 0.6) is 0 Å². The average molecular weight is 681 g/mol. The molecule has 4 aromatic carbocycles. The van der Waals surface area contributed by atoms with Crippen molar-refractivity contribution in [3.05, 3.63) is 129 Å². The Balaban J connectivity index is 1.82. The number of unbranched alkanes of at least 4 members (excludes halogenated alkanes) is 1. The highest BCUT2D eigenvalue weighted by Crippen LogP contribution is 2.30. The van der Waals surface area contributed by atoms with Gasteiger partial charge in [-0.3, -0.25) is 13.9 Å². The van der Waals surface area contributed by atoms with Gasteiger partial charge in [0.2, 0.25) is 11.8 Å². The van der Waals surface area contributed by atoms with Crippen LogP contribution in [0.25, 0.3) is 0 Å². The zero-order chi connectivity index (χ0) is 33.3. The van der Waals surface area contributed by atoms with Crippen LogP contribution in [0.3, 0.4) is 0 Å². The van der Waals surface area contributed by atoms with Crippen molar-refractivity contribution < 1.29 is 18.0 Å². The normalized spacial score (nSPS) is 11.9. The van der Waals surface area contributed by atoms with E-state index in [1.807, 2.05) is 75.4 Å². The molecule has 4 rings (SSSR count). The summed E-state index contributed by atoms with van der Waals surface area (Å²) in [5.41, 5.74) is 3.67. The molecule has 1 N–H and O–H groups in total. The molecule has 2 amide bonds. The fourth-order valence-electron chi connectivity index (χ4n) is 5.08. The van der Waals surface area contributed by atoms with Gasteiger partial charge >= 0.3 is 0 Å². The lowest BCUT2D eigenvalue weighted by atomic mass is 10.0. The minimum atomic E-state index is -4.27. The van der Waals surface area contributed by atoms with Crippen LogP contribution in [0.4, 0.5) is 5.69 Å². The quantitative estimate of drug-likeness (QED) is 0.141. The largest absolute Gasteiger partial charge is 0.354 e. The van der Waals surface area contributed by atoms with Gasteiger partial charge in [0.05, 0.1) is 10.6 Å². The molecule has 0 aromatic heterocycles. The first-order valence-corrected chi connectivity index (χ1v) is 17.4. The van der Waals surface area contributed by atoms with Gasteiger partial charge in [-0.05, 0) is 67.3 Å². The molecule has 0 fully saturated rings. The Hall–Kier alpha value is -3.85. The van der Waals surface area contributed by atoms with Gasteiger partial charge in [-0.15, -0.1) is 0 Å². The Morgan fingerprint density at radius 3 is 2.11 bits per heavy atom. The molecule has 0 radical (unpaired) electrons. The topological polar surface area (TPSA) is 86.8 Å².